The number of aromatic nitrogens is 1. The first-order valence-corrected chi connectivity index (χ1v) is 11.8. The van der Waals surface area contributed by atoms with Crippen molar-refractivity contribution in [2.24, 2.45) is 0 Å². The third-order valence-corrected chi connectivity index (χ3v) is 5.67. The van der Waals surface area contributed by atoms with Crippen LogP contribution in [0.25, 0.3) is 11.1 Å². The lowest BCUT2D eigenvalue weighted by Crippen LogP contribution is -2.39. The molecule has 7 heteroatoms. The fourth-order valence-electron chi connectivity index (χ4n) is 3.90. The number of nitrogens with zero attached hydrogens (tertiary/aromatic N) is 2. The molecule has 1 N–H and O–H groups in total. The molecule has 0 aliphatic carbocycles. The fraction of sp³-hybridized carbons (Fsp3) is 0.321. The van der Waals surface area contributed by atoms with Gasteiger partial charge in [0.1, 0.15) is 5.75 Å². The summed E-state index contributed by atoms with van der Waals surface area (Å²) in [5.74, 6) is 0.432. The molecule has 35 heavy (non-hydrogen) atoms. The molecule has 0 aliphatic heterocycles. The molecule has 0 unspecified atom stereocenters. The molecule has 0 atom stereocenters. The van der Waals surface area contributed by atoms with Gasteiger partial charge >= 0.3 is 12.0 Å². The Morgan fingerprint density at radius 2 is 1.86 bits per heavy atom. The van der Waals surface area contributed by atoms with Crippen molar-refractivity contribution in [1.82, 2.24) is 15.2 Å². The van der Waals surface area contributed by atoms with Gasteiger partial charge in [-0.15, -0.1) is 0 Å². The molecule has 0 spiro atoms. The maximum Gasteiger partial charge on any atom is 0.317 e. The van der Waals surface area contributed by atoms with Crippen molar-refractivity contribution in [2.75, 3.05) is 20.3 Å². The van der Waals surface area contributed by atoms with E-state index in [0.29, 0.717) is 32.0 Å². The molecule has 7 nitrogen and oxygen atoms in total. The van der Waals surface area contributed by atoms with Gasteiger partial charge in [0, 0.05) is 37.6 Å². The zero-order chi connectivity index (χ0) is 25.2. The van der Waals surface area contributed by atoms with Crippen molar-refractivity contribution in [2.45, 2.75) is 40.3 Å². The normalized spacial score (nSPS) is 10.5. The predicted octanol–water partition coefficient (Wildman–Crippen LogP) is 4.90. The van der Waals surface area contributed by atoms with Crippen LogP contribution in [0.1, 0.15) is 36.1 Å². The second-order valence-electron chi connectivity index (χ2n) is 8.21. The summed E-state index contributed by atoms with van der Waals surface area (Å²) >= 11 is 0. The Labute approximate surface area is 207 Å². The van der Waals surface area contributed by atoms with Gasteiger partial charge in [0.15, 0.2) is 0 Å². The number of hydrogen-bond donors (Lipinski definition) is 1. The Hall–Kier alpha value is -3.87. The smallest absolute Gasteiger partial charge is 0.317 e. The molecule has 0 saturated carbocycles. The zero-order valence-electron chi connectivity index (χ0n) is 20.8. The first kappa shape index (κ1) is 25.7. The van der Waals surface area contributed by atoms with Crippen LogP contribution >= 0.6 is 0 Å². The van der Waals surface area contributed by atoms with Crippen LogP contribution in [0.2, 0.25) is 0 Å². The molecule has 184 valence electrons. The molecular formula is C28H33N3O4. The summed E-state index contributed by atoms with van der Waals surface area (Å²) in [5, 5.41) is 2.98. The van der Waals surface area contributed by atoms with Crippen molar-refractivity contribution >= 4 is 12.0 Å². The van der Waals surface area contributed by atoms with Crippen LogP contribution in [0.3, 0.4) is 0 Å². The molecule has 0 bridgehead atoms. The van der Waals surface area contributed by atoms with Gasteiger partial charge in [0.25, 0.3) is 0 Å². The minimum absolute atomic E-state index is 0.146. The number of urea groups is 1. The van der Waals surface area contributed by atoms with E-state index in [9.17, 15) is 9.59 Å². The number of carbonyl (C=O) groups is 2. The van der Waals surface area contributed by atoms with Crippen LogP contribution in [-0.4, -0.2) is 42.1 Å². The maximum absolute atomic E-state index is 13.0. The van der Waals surface area contributed by atoms with E-state index in [0.717, 1.165) is 33.4 Å². The average Bonchev–Trinajstić information content (AvgIpc) is 2.86. The van der Waals surface area contributed by atoms with E-state index in [2.05, 4.69) is 16.4 Å². The summed E-state index contributed by atoms with van der Waals surface area (Å²) in [5.41, 5.74) is 5.70. The molecule has 3 rings (SSSR count). The molecule has 0 saturated heterocycles. The summed E-state index contributed by atoms with van der Waals surface area (Å²) in [7, 11) is 1.63. The number of pyridine rings is 1. The minimum Gasteiger partial charge on any atom is -0.496 e. The number of aryl methyl sites for hydroxylation is 1. The van der Waals surface area contributed by atoms with Crippen LogP contribution < -0.4 is 10.1 Å². The van der Waals surface area contributed by atoms with E-state index >= 15 is 0 Å². The quantitative estimate of drug-likeness (QED) is 0.422. The Morgan fingerprint density at radius 1 is 1.03 bits per heavy atom. The Kier molecular flexibility index (Phi) is 9.23. The Bertz CT molecular complexity index is 1150. The third-order valence-electron chi connectivity index (χ3n) is 5.67. The number of esters is 1. The highest BCUT2D eigenvalue weighted by Gasteiger charge is 2.18. The highest BCUT2D eigenvalue weighted by Crippen LogP contribution is 2.34. The zero-order valence-corrected chi connectivity index (χ0v) is 20.8. The lowest BCUT2D eigenvalue weighted by atomic mass is 9.94. The van der Waals surface area contributed by atoms with Crippen molar-refractivity contribution in [3.63, 3.8) is 0 Å². The van der Waals surface area contributed by atoms with Gasteiger partial charge in [-0.3, -0.25) is 9.78 Å². The van der Waals surface area contributed by atoms with E-state index in [1.54, 1.807) is 31.3 Å². The first-order valence-electron chi connectivity index (χ1n) is 11.8. The summed E-state index contributed by atoms with van der Waals surface area (Å²) < 4.78 is 10.8. The van der Waals surface area contributed by atoms with Gasteiger partial charge in [-0.25, -0.2) is 4.79 Å². The highest BCUT2D eigenvalue weighted by molar-refractivity contribution is 5.79. The number of amides is 2. The van der Waals surface area contributed by atoms with Gasteiger partial charge in [-0.2, -0.15) is 0 Å². The van der Waals surface area contributed by atoms with Crippen molar-refractivity contribution in [3.05, 3.63) is 83.2 Å². The van der Waals surface area contributed by atoms with E-state index in [1.807, 2.05) is 56.3 Å². The lowest BCUT2D eigenvalue weighted by molar-refractivity contribution is -0.142. The molecule has 2 amide bonds. The molecule has 0 aliphatic rings. The number of methoxy groups -OCH3 is 1. The summed E-state index contributed by atoms with van der Waals surface area (Å²) in [6.45, 7) is 7.51. The number of rotatable bonds is 10. The largest absolute Gasteiger partial charge is 0.496 e. The topological polar surface area (TPSA) is 80.8 Å². The molecule has 3 aromatic rings. The molecule has 0 fully saturated rings. The number of carbonyl (C=O) groups excluding carboxylic acids is 2. The average molecular weight is 476 g/mol. The van der Waals surface area contributed by atoms with Crippen LogP contribution in [0, 0.1) is 6.92 Å². The first-order chi connectivity index (χ1) is 16.9. The molecule has 0 radical (unpaired) electrons. The van der Waals surface area contributed by atoms with E-state index in [1.165, 1.54) is 0 Å². The third kappa shape index (κ3) is 7.06. The molecule has 2 aromatic carbocycles. The summed E-state index contributed by atoms with van der Waals surface area (Å²) in [6, 6.07) is 15.5. The van der Waals surface area contributed by atoms with Crippen molar-refractivity contribution < 1.29 is 19.1 Å². The van der Waals surface area contributed by atoms with Crippen LogP contribution in [0.4, 0.5) is 4.79 Å². The second kappa shape index (κ2) is 12.6. The van der Waals surface area contributed by atoms with Crippen LogP contribution in [-0.2, 0) is 29.0 Å². The van der Waals surface area contributed by atoms with Crippen molar-refractivity contribution in [3.8, 4) is 16.9 Å². The van der Waals surface area contributed by atoms with Crippen LogP contribution in [0.5, 0.6) is 5.75 Å². The summed E-state index contributed by atoms with van der Waals surface area (Å²) in [4.78, 5) is 30.9. The molecular weight excluding hydrogens is 442 g/mol. The van der Waals surface area contributed by atoms with E-state index < -0.39 is 0 Å². The van der Waals surface area contributed by atoms with Gasteiger partial charge in [0.05, 0.1) is 20.1 Å². The van der Waals surface area contributed by atoms with Gasteiger partial charge in [-0.1, -0.05) is 35.9 Å². The number of ether oxygens (including phenoxy) is 2. The minimum atomic E-state index is -0.268. The predicted molar refractivity (Wildman–Crippen MR) is 136 cm³/mol. The van der Waals surface area contributed by atoms with Gasteiger partial charge in [-0.05, 0) is 61.2 Å². The molecule has 1 aromatic heterocycles. The monoisotopic (exact) mass is 475 g/mol. The second-order valence-corrected chi connectivity index (χ2v) is 8.21. The maximum atomic E-state index is 13.0. The lowest BCUT2D eigenvalue weighted by Gasteiger charge is -2.24. The fourth-order valence-corrected chi connectivity index (χ4v) is 3.90. The SMILES string of the molecule is CCOC(=O)Cc1ccc(OC)c(-c2ccc(C)cc2CN(CC)C(=O)NCc2cccnc2)c1. The van der Waals surface area contributed by atoms with Crippen LogP contribution in [0.15, 0.2) is 60.9 Å². The number of nitrogens with one attached hydrogen (secondary N) is 1. The van der Waals surface area contributed by atoms with Crippen molar-refractivity contribution in [1.29, 1.82) is 0 Å². The number of benzene rings is 2. The standard InChI is InChI=1S/C28H33N3O4/c1-5-31(28(33)30-18-22-8-7-13-29-17-22)19-23-14-20(3)9-11-24(23)25-15-21(10-12-26(25)34-4)16-27(32)35-6-2/h7-15,17H,5-6,16,18-19H2,1-4H3,(H,30,33). The van der Waals surface area contributed by atoms with E-state index in [4.69, 9.17) is 9.47 Å². The Morgan fingerprint density at radius 3 is 2.54 bits per heavy atom. The van der Waals surface area contributed by atoms with E-state index in [-0.39, 0.29) is 18.4 Å². The number of hydrogen-bond acceptors (Lipinski definition) is 5. The molecule has 1 heterocycles. The highest BCUT2D eigenvalue weighted by atomic mass is 16.5. The Balaban J connectivity index is 1.87. The van der Waals surface area contributed by atoms with Gasteiger partial charge < -0.3 is 19.7 Å². The summed E-state index contributed by atoms with van der Waals surface area (Å²) in [6.07, 6.45) is 3.63. The van der Waals surface area contributed by atoms with Gasteiger partial charge in [0.2, 0.25) is 0 Å².